The van der Waals surface area contributed by atoms with Gasteiger partial charge in [-0.3, -0.25) is 5.10 Å². The highest BCUT2D eigenvalue weighted by atomic mass is 19.1. The van der Waals surface area contributed by atoms with Gasteiger partial charge in [0.2, 0.25) is 0 Å². The molecule has 0 spiro atoms. The minimum absolute atomic E-state index is 0.262. The number of hydrogen-bond acceptors (Lipinski definition) is 5. The molecule has 0 aliphatic carbocycles. The first-order valence-corrected chi connectivity index (χ1v) is 9.96. The maximum Gasteiger partial charge on any atom is 0.147 e. The first-order chi connectivity index (χ1) is 15.1. The van der Waals surface area contributed by atoms with Gasteiger partial charge in [0, 0.05) is 41.2 Å². The van der Waals surface area contributed by atoms with Crippen LogP contribution in [0.1, 0.15) is 5.69 Å². The molecule has 0 saturated carbocycles. The molecule has 2 N–H and O–H groups in total. The monoisotopic (exact) mass is 416 g/mol. The zero-order chi connectivity index (χ0) is 21.4. The molecule has 2 aromatic carbocycles. The lowest BCUT2D eigenvalue weighted by atomic mass is 10.1. The molecule has 0 amide bonds. The summed E-state index contributed by atoms with van der Waals surface area (Å²) in [5, 5.41) is 12.2. The summed E-state index contributed by atoms with van der Waals surface area (Å²) in [4.78, 5) is 8.71. The Morgan fingerprint density at radius 3 is 2.90 bits per heavy atom. The number of aryl methyl sites for hydroxylation is 1. The number of rotatable bonds is 6. The molecule has 0 saturated heterocycles. The maximum atomic E-state index is 14.5. The zero-order valence-corrected chi connectivity index (χ0v) is 17.2. The number of benzene rings is 2. The summed E-state index contributed by atoms with van der Waals surface area (Å²) in [6, 6.07) is 13.0. The topological polar surface area (TPSA) is 80.6 Å². The number of nitrogens with one attached hydrogen (secondary N) is 2. The summed E-state index contributed by atoms with van der Waals surface area (Å²) in [7, 11) is 1.59. The van der Waals surface area contributed by atoms with E-state index in [1.165, 1.54) is 12.4 Å². The molecular formula is C23H21FN6O. The highest BCUT2D eigenvalue weighted by Gasteiger charge is 2.14. The maximum absolute atomic E-state index is 14.5. The van der Waals surface area contributed by atoms with Crippen molar-refractivity contribution in [2.24, 2.45) is 0 Å². The van der Waals surface area contributed by atoms with Crippen molar-refractivity contribution >= 4 is 27.6 Å². The molecule has 0 bridgehead atoms. The van der Waals surface area contributed by atoms with Crippen molar-refractivity contribution in [1.82, 2.24) is 24.7 Å². The average Bonchev–Trinajstić information content (AvgIpc) is 3.38. The SMILES string of the molecule is COc1ccc(F)c2c1cc(C)n2CCNc1cc(-c2ccc3cn[nH]c3c2)ncn1. The van der Waals surface area contributed by atoms with Gasteiger partial charge in [-0.15, -0.1) is 0 Å². The van der Waals surface area contributed by atoms with Crippen LogP contribution in [0.25, 0.3) is 33.1 Å². The largest absolute Gasteiger partial charge is 0.496 e. The Morgan fingerprint density at radius 2 is 2.03 bits per heavy atom. The van der Waals surface area contributed by atoms with Gasteiger partial charge in [0.15, 0.2) is 0 Å². The minimum Gasteiger partial charge on any atom is -0.496 e. The molecule has 0 atom stereocenters. The fourth-order valence-corrected chi connectivity index (χ4v) is 3.91. The molecule has 5 rings (SSSR count). The number of anilines is 1. The van der Waals surface area contributed by atoms with Crippen LogP contribution >= 0.6 is 0 Å². The quantitative estimate of drug-likeness (QED) is 0.425. The number of fused-ring (bicyclic) bond motifs is 2. The molecule has 3 aromatic heterocycles. The third kappa shape index (κ3) is 3.46. The second-order valence-corrected chi connectivity index (χ2v) is 7.34. The van der Waals surface area contributed by atoms with Crippen LogP contribution in [0.4, 0.5) is 10.2 Å². The lowest BCUT2D eigenvalue weighted by molar-refractivity contribution is 0.419. The van der Waals surface area contributed by atoms with Crippen LogP contribution < -0.4 is 10.1 Å². The third-order valence-corrected chi connectivity index (χ3v) is 5.44. The van der Waals surface area contributed by atoms with E-state index in [0.29, 0.717) is 30.2 Å². The summed E-state index contributed by atoms with van der Waals surface area (Å²) >= 11 is 0. The third-order valence-electron chi connectivity index (χ3n) is 5.44. The molecule has 0 aliphatic heterocycles. The Hall–Kier alpha value is -3.94. The fraction of sp³-hybridized carbons (Fsp3) is 0.174. The van der Waals surface area contributed by atoms with E-state index >= 15 is 0 Å². The number of aromatic amines is 1. The second-order valence-electron chi connectivity index (χ2n) is 7.34. The van der Waals surface area contributed by atoms with Gasteiger partial charge in [0.1, 0.15) is 23.7 Å². The predicted molar refractivity (Wildman–Crippen MR) is 119 cm³/mol. The van der Waals surface area contributed by atoms with Crippen molar-refractivity contribution in [2.45, 2.75) is 13.5 Å². The van der Waals surface area contributed by atoms with Crippen LogP contribution in [0.2, 0.25) is 0 Å². The molecule has 156 valence electrons. The van der Waals surface area contributed by atoms with Crippen molar-refractivity contribution in [3.05, 3.63) is 66.5 Å². The molecule has 8 heteroatoms. The summed E-state index contributed by atoms with van der Waals surface area (Å²) in [5.74, 6) is 1.12. The van der Waals surface area contributed by atoms with E-state index in [-0.39, 0.29) is 5.82 Å². The summed E-state index contributed by atoms with van der Waals surface area (Å²) in [5.41, 5.74) is 4.26. The van der Waals surface area contributed by atoms with Crippen molar-refractivity contribution in [3.63, 3.8) is 0 Å². The summed E-state index contributed by atoms with van der Waals surface area (Å²) in [6.45, 7) is 3.13. The van der Waals surface area contributed by atoms with Crippen molar-refractivity contribution in [2.75, 3.05) is 19.0 Å². The molecule has 7 nitrogen and oxygen atoms in total. The van der Waals surface area contributed by atoms with Crippen LogP contribution in [0, 0.1) is 12.7 Å². The number of methoxy groups -OCH3 is 1. The normalized spacial score (nSPS) is 11.3. The predicted octanol–water partition coefficient (Wildman–Crippen LogP) is 4.54. The highest BCUT2D eigenvalue weighted by Crippen LogP contribution is 2.31. The van der Waals surface area contributed by atoms with E-state index in [1.807, 2.05) is 41.8 Å². The minimum atomic E-state index is -0.262. The van der Waals surface area contributed by atoms with Gasteiger partial charge < -0.3 is 14.6 Å². The van der Waals surface area contributed by atoms with Gasteiger partial charge in [0.05, 0.1) is 30.0 Å². The standard InChI is InChI=1S/C23H21FN6O/c1-14-9-17-21(31-2)6-5-18(24)23(17)30(14)8-7-25-22-11-19(26-13-27-22)15-3-4-16-12-28-29-20(16)10-15/h3-6,9-13H,7-8H2,1-2H3,(H,28,29)(H,25,26,27). The number of hydrogen-bond donors (Lipinski definition) is 2. The van der Waals surface area contributed by atoms with Crippen LogP contribution in [0.15, 0.2) is 55.0 Å². The van der Waals surface area contributed by atoms with E-state index in [4.69, 9.17) is 4.74 Å². The Labute approximate surface area is 177 Å². The number of nitrogens with zero attached hydrogens (tertiary/aromatic N) is 4. The van der Waals surface area contributed by atoms with Gasteiger partial charge >= 0.3 is 0 Å². The van der Waals surface area contributed by atoms with Crippen LogP contribution in [0.3, 0.4) is 0 Å². The zero-order valence-electron chi connectivity index (χ0n) is 17.2. The van der Waals surface area contributed by atoms with Crippen molar-refractivity contribution in [1.29, 1.82) is 0 Å². The summed E-state index contributed by atoms with van der Waals surface area (Å²) < 4.78 is 21.9. The lowest BCUT2D eigenvalue weighted by Gasteiger charge is -2.11. The van der Waals surface area contributed by atoms with Gasteiger partial charge in [0.25, 0.3) is 0 Å². The van der Waals surface area contributed by atoms with Crippen molar-refractivity contribution < 1.29 is 9.13 Å². The van der Waals surface area contributed by atoms with Gasteiger partial charge in [-0.05, 0) is 31.2 Å². The molecular weight excluding hydrogens is 395 g/mol. The van der Waals surface area contributed by atoms with Crippen molar-refractivity contribution in [3.8, 4) is 17.0 Å². The van der Waals surface area contributed by atoms with E-state index < -0.39 is 0 Å². The van der Waals surface area contributed by atoms with Gasteiger partial charge in [-0.1, -0.05) is 12.1 Å². The smallest absolute Gasteiger partial charge is 0.147 e. The molecule has 31 heavy (non-hydrogen) atoms. The molecule has 0 radical (unpaired) electrons. The first-order valence-electron chi connectivity index (χ1n) is 9.96. The number of ether oxygens (including phenoxy) is 1. The van der Waals surface area contributed by atoms with E-state index in [1.54, 1.807) is 19.4 Å². The Balaban J connectivity index is 1.35. The van der Waals surface area contributed by atoms with Gasteiger partial charge in [-0.2, -0.15) is 5.10 Å². The average molecular weight is 416 g/mol. The van der Waals surface area contributed by atoms with E-state index in [9.17, 15) is 4.39 Å². The summed E-state index contributed by atoms with van der Waals surface area (Å²) in [6.07, 6.45) is 3.33. The Bertz CT molecular complexity index is 1390. The Morgan fingerprint density at radius 1 is 1.13 bits per heavy atom. The van der Waals surface area contributed by atoms with Gasteiger partial charge in [-0.25, -0.2) is 14.4 Å². The number of halogens is 1. The molecule has 0 unspecified atom stereocenters. The molecule has 0 fully saturated rings. The fourth-order valence-electron chi connectivity index (χ4n) is 3.91. The number of aromatic nitrogens is 5. The second kappa shape index (κ2) is 7.71. The first kappa shape index (κ1) is 19.0. The molecule has 5 aromatic rings. The van der Waals surface area contributed by atoms with E-state index in [2.05, 4.69) is 25.5 Å². The van der Waals surface area contributed by atoms with Crippen LogP contribution in [-0.4, -0.2) is 38.4 Å². The lowest BCUT2D eigenvalue weighted by Crippen LogP contribution is -2.13. The molecule has 3 heterocycles. The van der Waals surface area contributed by atoms with Crippen LogP contribution in [0.5, 0.6) is 5.75 Å². The highest BCUT2D eigenvalue weighted by molar-refractivity contribution is 5.88. The Kier molecular flexibility index (Phi) is 4.74. The van der Waals surface area contributed by atoms with Crippen LogP contribution in [-0.2, 0) is 6.54 Å². The van der Waals surface area contributed by atoms with E-state index in [0.717, 1.165) is 33.2 Å². The molecule has 0 aliphatic rings. The number of H-pyrrole nitrogens is 1.